The zero-order valence-electron chi connectivity index (χ0n) is 15.8. The Morgan fingerprint density at radius 2 is 1.89 bits per heavy atom. The molecule has 144 valence electrons. The van der Waals surface area contributed by atoms with E-state index < -0.39 is 0 Å². The number of anilines is 2. The first-order chi connectivity index (χ1) is 13.2. The van der Waals surface area contributed by atoms with Crippen LogP contribution in [0.4, 0.5) is 16.2 Å². The van der Waals surface area contributed by atoms with Crippen LogP contribution in [0.25, 0.3) is 0 Å². The van der Waals surface area contributed by atoms with Gasteiger partial charge in [-0.1, -0.05) is 6.07 Å². The Hall–Kier alpha value is -2.96. The first kappa shape index (κ1) is 18.8. The highest BCUT2D eigenvalue weighted by Crippen LogP contribution is 2.34. The van der Waals surface area contributed by atoms with E-state index in [4.69, 9.17) is 9.47 Å². The van der Waals surface area contributed by atoms with Gasteiger partial charge in [-0.3, -0.25) is 4.98 Å². The molecule has 0 unspecified atom stereocenters. The van der Waals surface area contributed by atoms with Gasteiger partial charge in [-0.15, -0.1) is 0 Å². The Kier molecular flexibility index (Phi) is 6.35. The van der Waals surface area contributed by atoms with E-state index in [-0.39, 0.29) is 6.03 Å². The molecule has 1 aliphatic heterocycles. The van der Waals surface area contributed by atoms with Crippen molar-refractivity contribution in [2.24, 2.45) is 5.92 Å². The van der Waals surface area contributed by atoms with Crippen molar-refractivity contribution in [3.8, 4) is 11.5 Å². The van der Waals surface area contributed by atoms with Gasteiger partial charge in [-0.05, 0) is 43.0 Å². The highest BCUT2D eigenvalue weighted by Gasteiger charge is 2.20. The van der Waals surface area contributed by atoms with Gasteiger partial charge in [0, 0.05) is 37.7 Å². The lowest BCUT2D eigenvalue weighted by molar-refractivity contribution is 0.248. The number of piperidine rings is 1. The molecular weight excluding hydrogens is 344 g/mol. The molecule has 0 spiro atoms. The number of rotatable bonds is 6. The number of methoxy groups -OCH3 is 2. The van der Waals surface area contributed by atoms with E-state index in [1.165, 1.54) is 5.69 Å². The Morgan fingerprint density at radius 3 is 2.56 bits per heavy atom. The molecule has 27 heavy (non-hydrogen) atoms. The highest BCUT2D eigenvalue weighted by molar-refractivity contribution is 5.91. The minimum Gasteiger partial charge on any atom is -0.493 e. The summed E-state index contributed by atoms with van der Waals surface area (Å²) in [5, 5.41) is 5.81. The van der Waals surface area contributed by atoms with Crippen LogP contribution < -0.4 is 25.0 Å². The summed E-state index contributed by atoms with van der Waals surface area (Å²) in [6.07, 6.45) is 5.73. The summed E-state index contributed by atoms with van der Waals surface area (Å²) in [5.74, 6) is 1.57. The summed E-state index contributed by atoms with van der Waals surface area (Å²) < 4.78 is 10.6. The summed E-state index contributed by atoms with van der Waals surface area (Å²) in [7, 11) is 3.12. The Labute approximate surface area is 159 Å². The van der Waals surface area contributed by atoms with Crippen molar-refractivity contribution in [1.29, 1.82) is 0 Å². The number of aromatic nitrogens is 1. The van der Waals surface area contributed by atoms with Crippen LogP contribution in [0.5, 0.6) is 11.5 Å². The molecule has 1 aliphatic rings. The minimum absolute atomic E-state index is 0.238. The third-order valence-corrected chi connectivity index (χ3v) is 4.84. The number of carbonyl (C=O) groups is 1. The van der Waals surface area contributed by atoms with Gasteiger partial charge in [0.1, 0.15) is 0 Å². The fraction of sp³-hybridized carbons (Fsp3) is 0.400. The van der Waals surface area contributed by atoms with Gasteiger partial charge in [0.25, 0.3) is 0 Å². The fourth-order valence-corrected chi connectivity index (χ4v) is 3.34. The van der Waals surface area contributed by atoms with Crippen LogP contribution in [-0.2, 0) is 0 Å². The zero-order chi connectivity index (χ0) is 19.1. The molecule has 1 saturated heterocycles. The number of nitrogens with zero attached hydrogens (tertiary/aromatic N) is 2. The van der Waals surface area contributed by atoms with E-state index in [0.29, 0.717) is 29.6 Å². The number of nitrogens with one attached hydrogen (secondary N) is 2. The summed E-state index contributed by atoms with van der Waals surface area (Å²) in [6.45, 7) is 2.63. The van der Waals surface area contributed by atoms with Crippen molar-refractivity contribution >= 4 is 17.4 Å². The third-order valence-electron chi connectivity index (χ3n) is 4.84. The monoisotopic (exact) mass is 370 g/mol. The molecule has 1 aromatic heterocycles. The molecule has 7 nitrogen and oxygen atoms in total. The lowest BCUT2D eigenvalue weighted by atomic mass is 9.96. The summed E-state index contributed by atoms with van der Waals surface area (Å²) in [5.41, 5.74) is 1.79. The predicted molar refractivity (Wildman–Crippen MR) is 106 cm³/mol. The second-order valence-corrected chi connectivity index (χ2v) is 6.51. The van der Waals surface area contributed by atoms with Gasteiger partial charge in [0.2, 0.25) is 0 Å². The largest absolute Gasteiger partial charge is 0.493 e. The molecule has 7 heteroatoms. The smallest absolute Gasteiger partial charge is 0.319 e. The number of amides is 2. The average molecular weight is 370 g/mol. The van der Waals surface area contributed by atoms with Crippen LogP contribution in [0, 0.1) is 5.92 Å². The molecule has 0 aliphatic carbocycles. The molecule has 0 bridgehead atoms. The number of benzene rings is 1. The minimum atomic E-state index is -0.238. The molecule has 2 N–H and O–H groups in total. The Balaban J connectivity index is 1.47. The summed E-state index contributed by atoms with van der Waals surface area (Å²) in [4.78, 5) is 18.7. The molecule has 1 aromatic carbocycles. The van der Waals surface area contributed by atoms with E-state index in [1.807, 2.05) is 30.6 Å². The zero-order valence-corrected chi connectivity index (χ0v) is 15.8. The Morgan fingerprint density at radius 1 is 1.15 bits per heavy atom. The molecular formula is C20H26N4O3. The maximum atomic E-state index is 12.3. The van der Waals surface area contributed by atoms with Crippen molar-refractivity contribution in [3.63, 3.8) is 0 Å². The van der Waals surface area contributed by atoms with Crippen LogP contribution in [0.2, 0.25) is 0 Å². The van der Waals surface area contributed by atoms with Crippen LogP contribution in [0.1, 0.15) is 12.8 Å². The van der Waals surface area contributed by atoms with Crippen molar-refractivity contribution in [1.82, 2.24) is 10.3 Å². The van der Waals surface area contributed by atoms with Gasteiger partial charge >= 0.3 is 6.03 Å². The first-order valence-corrected chi connectivity index (χ1v) is 9.12. The molecule has 3 rings (SSSR count). The fourth-order valence-electron chi connectivity index (χ4n) is 3.34. The summed E-state index contributed by atoms with van der Waals surface area (Å²) in [6, 6.07) is 9.22. The molecule has 0 atom stereocenters. The maximum Gasteiger partial charge on any atom is 0.319 e. The lowest BCUT2D eigenvalue weighted by Crippen LogP contribution is -2.39. The third kappa shape index (κ3) is 4.81. The van der Waals surface area contributed by atoms with Gasteiger partial charge in [0.15, 0.2) is 11.5 Å². The Bertz CT molecular complexity index is 746. The SMILES string of the molecule is COc1cccc(NC(=O)NCC2CCN(c3ccncc3)CC2)c1OC. The molecule has 0 radical (unpaired) electrons. The normalized spacial score (nSPS) is 14.5. The van der Waals surface area contributed by atoms with E-state index in [9.17, 15) is 4.79 Å². The van der Waals surface area contributed by atoms with Gasteiger partial charge < -0.3 is 25.0 Å². The second kappa shape index (κ2) is 9.12. The maximum absolute atomic E-state index is 12.3. The number of carbonyl (C=O) groups excluding carboxylic acids is 1. The molecule has 1 fully saturated rings. The number of urea groups is 1. The van der Waals surface area contributed by atoms with Crippen molar-refractivity contribution < 1.29 is 14.3 Å². The van der Waals surface area contributed by atoms with Gasteiger partial charge in [-0.2, -0.15) is 0 Å². The number of pyridine rings is 1. The van der Waals surface area contributed by atoms with Crippen LogP contribution in [-0.4, -0.2) is 44.9 Å². The standard InChI is InChI=1S/C20H26N4O3/c1-26-18-5-3-4-17(19(18)27-2)23-20(25)22-14-15-8-12-24(13-9-15)16-6-10-21-11-7-16/h3-7,10-11,15H,8-9,12-14H2,1-2H3,(H2,22,23,25). The number of hydrogen-bond acceptors (Lipinski definition) is 5. The topological polar surface area (TPSA) is 75.7 Å². The number of hydrogen-bond donors (Lipinski definition) is 2. The predicted octanol–water partition coefficient (Wildman–Crippen LogP) is 3.14. The van der Waals surface area contributed by atoms with Crippen molar-refractivity contribution in [3.05, 3.63) is 42.7 Å². The second-order valence-electron chi connectivity index (χ2n) is 6.51. The van der Waals surface area contributed by atoms with Crippen molar-refractivity contribution in [2.45, 2.75) is 12.8 Å². The summed E-state index contributed by atoms with van der Waals surface area (Å²) >= 11 is 0. The van der Waals surface area contributed by atoms with Crippen LogP contribution in [0.3, 0.4) is 0 Å². The molecule has 2 heterocycles. The van der Waals surface area contributed by atoms with E-state index in [0.717, 1.165) is 25.9 Å². The first-order valence-electron chi connectivity index (χ1n) is 9.12. The van der Waals surface area contributed by atoms with Crippen LogP contribution in [0.15, 0.2) is 42.7 Å². The number of ether oxygens (including phenoxy) is 2. The van der Waals surface area contributed by atoms with Crippen LogP contribution >= 0.6 is 0 Å². The van der Waals surface area contributed by atoms with E-state index in [2.05, 4.69) is 20.5 Å². The molecule has 0 saturated carbocycles. The van der Waals surface area contributed by atoms with Crippen molar-refractivity contribution in [2.75, 3.05) is 44.1 Å². The van der Waals surface area contributed by atoms with E-state index in [1.54, 1.807) is 26.4 Å². The van der Waals surface area contributed by atoms with Gasteiger partial charge in [-0.25, -0.2) is 4.79 Å². The average Bonchev–Trinajstić information content (AvgIpc) is 2.73. The lowest BCUT2D eigenvalue weighted by Gasteiger charge is -2.33. The van der Waals surface area contributed by atoms with E-state index >= 15 is 0 Å². The molecule has 2 amide bonds. The molecule has 2 aromatic rings. The quantitative estimate of drug-likeness (QED) is 0.817. The van der Waals surface area contributed by atoms with Gasteiger partial charge in [0.05, 0.1) is 19.9 Å². The highest BCUT2D eigenvalue weighted by atomic mass is 16.5. The number of para-hydroxylation sites is 1.